The van der Waals surface area contributed by atoms with Crippen molar-refractivity contribution in [1.82, 2.24) is 0 Å². The quantitative estimate of drug-likeness (QED) is 0.567. The van der Waals surface area contributed by atoms with E-state index >= 15 is 0 Å². The van der Waals surface area contributed by atoms with Crippen molar-refractivity contribution in [3.8, 4) is 0 Å². The second-order valence-corrected chi connectivity index (χ2v) is 8.94. The molecule has 4 saturated carbocycles. The number of hydrogen-bond donors (Lipinski definition) is 1. The molecule has 6 rings (SSSR count). The minimum Gasteiger partial charge on any atom is -0.465 e. The van der Waals surface area contributed by atoms with E-state index in [9.17, 15) is 9.59 Å². The van der Waals surface area contributed by atoms with Crippen LogP contribution >= 0.6 is 0 Å². The van der Waals surface area contributed by atoms with Crippen LogP contribution in [0.25, 0.3) is 6.08 Å². The fourth-order valence-corrected chi connectivity index (χ4v) is 6.01. The maximum atomic E-state index is 13.1. The lowest BCUT2D eigenvalue weighted by Crippen LogP contribution is -2.51. The molecule has 1 N–H and O–H groups in total. The van der Waals surface area contributed by atoms with Crippen molar-refractivity contribution in [3.05, 3.63) is 60.1 Å². The standard InChI is InChI=1S/C24H25NO3/c26-22(8-7-21-2-1-9-28-21)19-3-5-20(6-4-19)25-23(27)24-13-16-10-17(14-24)12-18(11-16)15-24/h1-9,16-18H,10-15H2,(H,25,27)/b8-7+. The largest absolute Gasteiger partial charge is 0.465 e. The van der Waals surface area contributed by atoms with Crippen LogP contribution in [0.1, 0.15) is 54.6 Å². The average molecular weight is 375 g/mol. The van der Waals surface area contributed by atoms with E-state index in [1.54, 1.807) is 36.6 Å². The first-order valence-electron chi connectivity index (χ1n) is 10.3. The number of furan rings is 1. The molecule has 4 heteroatoms. The first kappa shape index (κ1) is 17.5. The minimum atomic E-state index is -0.158. The van der Waals surface area contributed by atoms with Crippen LogP contribution in [-0.2, 0) is 4.79 Å². The zero-order valence-electron chi connectivity index (χ0n) is 15.9. The van der Waals surface area contributed by atoms with Gasteiger partial charge in [0.25, 0.3) is 0 Å². The maximum Gasteiger partial charge on any atom is 0.230 e. The molecular formula is C24H25NO3. The summed E-state index contributed by atoms with van der Waals surface area (Å²) >= 11 is 0. The number of anilines is 1. The molecule has 1 heterocycles. The predicted octanol–water partition coefficient (Wildman–Crippen LogP) is 5.33. The molecule has 1 amide bonds. The zero-order chi connectivity index (χ0) is 19.1. The van der Waals surface area contributed by atoms with Gasteiger partial charge in [-0.15, -0.1) is 0 Å². The summed E-state index contributed by atoms with van der Waals surface area (Å²) in [6.07, 6.45) is 11.9. The SMILES string of the molecule is O=C(/C=C/c1ccco1)c1ccc(NC(=O)C23CC4CC(CC(C4)C2)C3)cc1. The molecule has 4 nitrogen and oxygen atoms in total. The second kappa shape index (κ2) is 6.77. The Balaban J connectivity index is 1.25. The van der Waals surface area contributed by atoms with E-state index in [-0.39, 0.29) is 17.1 Å². The number of carbonyl (C=O) groups is 2. The third-order valence-electron chi connectivity index (χ3n) is 6.89. The fraction of sp³-hybridized carbons (Fsp3) is 0.417. The van der Waals surface area contributed by atoms with Crippen molar-refractivity contribution >= 4 is 23.5 Å². The van der Waals surface area contributed by atoms with Gasteiger partial charge in [0.2, 0.25) is 5.91 Å². The van der Waals surface area contributed by atoms with Crippen LogP contribution in [-0.4, -0.2) is 11.7 Å². The van der Waals surface area contributed by atoms with Gasteiger partial charge in [0, 0.05) is 11.3 Å². The molecule has 2 aromatic rings. The van der Waals surface area contributed by atoms with E-state index < -0.39 is 0 Å². The van der Waals surface area contributed by atoms with Crippen molar-refractivity contribution in [2.75, 3.05) is 5.32 Å². The molecule has 4 bridgehead atoms. The Morgan fingerprint density at radius 1 is 0.964 bits per heavy atom. The van der Waals surface area contributed by atoms with Crippen LogP contribution in [0.4, 0.5) is 5.69 Å². The van der Waals surface area contributed by atoms with Gasteiger partial charge < -0.3 is 9.73 Å². The smallest absolute Gasteiger partial charge is 0.230 e. The summed E-state index contributed by atoms with van der Waals surface area (Å²) in [7, 11) is 0. The Labute approximate surface area is 165 Å². The Bertz CT molecular complexity index is 873. The van der Waals surface area contributed by atoms with Gasteiger partial charge in [0.1, 0.15) is 5.76 Å². The summed E-state index contributed by atoms with van der Waals surface area (Å²) in [5, 5.41) is 3.14. The van der Waals surface area contributed by atoms with Crippen LogP contribution in [0.3, 0.4) is 0 Å². The number of benzene rings is 1. The monoisotopic (exact) mass is 375 g/mol. The number of rotatable bonds is 5. The number of allylic oxidation sites excluding steroid dienone is 1. The topological polar surface area (TPSA) is 59.3 Å². The van der Waals surface area contributed by atoms with Gasteiger partial charge in [-0.05, 0) is 105 Å². The number of nitrogens with one attached hydrogen (secondary N) is 1. The van der Waals surface area contributed by atoms with E-state index in [1.807, 2.05) is 12.1 Å². The zero-order valence-corrected chi connectivity index (χ0v) is 15.9. The molecule has 0 atom stereocenters. The molecule has 1 aromatic carbocycles. The molecule has 1 aromatic heterocycles. The van der Waals surface area contributed by atoms with Gasteiger partial charge in [0.15, 0.2) is 5.78 Å². The molecule has 4 aliphatic rings. The third kappa shape index (κ3) is 3.21. The summed E-state index contributed by atoms with van der Waals surface area (Å²) in [5.74, 6) is 2.99. The number of hydrogen-bond acceptors (Lipinski definition) is 3. The molecule has 0 spiro atoms. The second-order valence-electron chi connectivity index (χ2n) is 8.94. The number of carbonyl (C=O) groups excluding carboxylic acids is 2. The summed E-state index contributed by atoms with van der Waals surface area (Å²) in [6.45, 7) is 0. The normalized spacial score (nSPS) is 30.6. The van der Waals surface area contributed by atoms with Gasteiger partial charge in [0.05, 0.1) is 11.7 Å². The lowest BCUT2D eigenvalue weighted by Gasteiger charge is -2.55. The first-order chi connectivity index (χ1) is 13.6. The van der Waals surface area contributed by atoms with Crippen LogP contribution in [0.5, 0.6) is 0 Å². The van der Waals surface area contributed by atoms with Crippen LogP contribution < -0.4 is 5.32 Å². The Kier molecular flexibility index (Phi) is 4.22. The van der Waals surface area contributed by atoms with E-state index in [0.29, 0.717) is 11.3 Å². The third-order valence-corrected chi connectivity index (χ3v) is 6.89. The minimum absolute atomic E-state index is 0.0876. The molecule has 28 heavy (non-hydrogen) atoms. The van der Waals surface area contributed by atoms with Gasteiger partial charge in [-0.3, -0.25) is 9.59 Å². The lowest BCUT2D eigenvalue weighted by atomic mass is 9.49. The summed E-state index contributed by atoms with van der Waals surface area (Å²) in [5.41, 5.74) is 1.21. The highest BCUT2D eigenvalue weighted by atomic mass is 16.3. The average Bonchev–Trinajstić information content (AvgIpc) is 3.19. The van der Waals surface area contributed by atoms with E-state index in [0.717, 1.165) is 42.7 Å². The Hall–Kier alpha value is -2.62. The fourth-order valence-electron chi connectivity index (χ4n) is 6.01. The van der Waals surface area contributed by atoms with Gasteiger partial charge >= 0.3 is 0 Å². The Morgan fingerprint density at radius 3 is 2.18 bits per heavy atom. The highest BCUT2D eigenvalue weighted by Crippen LogP contribution is 2.60. The maximum absolute atomic E-state index is 13.1. The van der Waals surface area contributed by atoms with Gasteiger partial charge in [-0.2, -0.15) is 0 Å². The van der Waals surface area contributed by atoms with Gasteiger partial charge in [-0.25, -0.2) is 0 Å². The molecule has 144 valence electrons. The molecule has 0 unspecified atom stereocenters. The molecule has 0 aliphatic heterocycles. The van der Waals surface area contributed by atoms with Crippen molar-refractivity contribution in [2.24, 2.45) is 23.2 Å². The predicted molar refractivity (Wildman–Crippen MR) is 108 cm³/mol. The summed E-state index contributed by atoms with van der Waals surface area (Å²) in [4.78, 5) is 25.4. The van der Waals surface area contributed by atoms with E-state index in [1.165, 1.54) is 25.3 Å². The van der Waals surface area contributed by atoms with Crippen molar-refractivity contribution in [3.63, 3.8) is 0 Å². The van der Waals surface area contributed by atoms with Crippen molar-refractivity contribution in [1.29, 1.82) is 0 Å². The van der Waals surface area contributed by atoms with E-state index in [2.05, 4.69) is 5.32 Å². The van der Waals surface area contributed by atoms with Crippen molar-refractivity contribution in [2.45, 2.75) is 38.5 Å². The van der Waals surface area contributed by atoms with Crippen LogP contribution in [0.15, 0.2) is 53.2 Å². The lowest BCUT2D eigenvalue weighted by molar-refractivity contribution is -0.140. The molecular weight excluding hydrogens is 350 g/mol. The summed E-state index contributed by atoms with van der Waals surface area (Å²) < 4.78 is 5.20. The van der Waals surface area contributed by atoms with Crippen LogP contribution in [0, 0.1) is 23.2 Å². The Morgan fingerprint density at radius 2 is 1.61 bits per heavy atom. The van der Waals surface area contributed by atoms with Crippen LogP contribution in [0.2, 0.25) is 0 Å². The molecule has 4 aliphatic carbocycles. The highest BCUT2D eigenvalue weighted by molar-refractivity contribution is 6.07. The molecule has 0 radical (unpaired) electrons. The first-order valence-corrected chi connectivity index (χ1v) is 10.3. The summed E-state index contributed by atoms with van der Waals surface area (Å²) in [6, 6.07) is 10.8. The van der Waals surface area contributed by atoms with Crippen molar-refractivity contribution < 1.29 is 14.0 Å². The van der Waals surface area contributed by atoms with Gasteiger partial charge in [-0.1, -0.05) is 0 Å². The number of ketones is 1. The molecule has 0 saturated heterocycles. The highest BCUT2D eigenvalue weighted by Gasteiger charge is 2.54. The number of amides is 1. The van der Waals surface area contributed by atoms with E-state index in [4.69, 9.17) is 4.42 Å². The molecule has 4 fully saturated rings.